The Morgan fingerprint density at radius 3 is 2.79 bits per heavy atom. The number of furan rings is 1. The van der Waals surface area contributed by atoms with Gasteiger partial charge in [0.25, 0.3) is 0 Å². The molecule has 5 rings (SSSR count). The van der Waals surface area contributed by atoms with E-state index in [0.29, 0.717) is 19.6 Å². The van der Waals surface area contributed by atoms with Crippen molar-refractivity contribution in [2.75, 3.05) is 13.6 Å². The molecule has 4 heterocycles. The molecule has 0 unspecified atom stereocenters. The zero-order valence-corrected chi connectivity index (χ0v) is 16.0. The monoisotopic (exact) mass is 396 g/mol. The SMILES string of the molecule is CN(Cc1ccoc1)C(=O)[C@@H]1[C@@H]2C=C[C@@]3(CN(Cc4ccc(F)cc4)C(=O)[C@@H]13)O2. The summed E-state index contributed by atoms with van der Waals surface area (Å²) in [7, 11) is 1.73. The lowest BCUT2D eigenvalue weighted by Crippen LogP contribution is -2.44. The summed E-state index contributed by atoms with van der Waals surface area (Å²) < 4.78 is 24.4. The third-order valence-corrected chi connectivity index (χ3v) is 6.13. The molecule has 1 aromatic carbocycles. The Morgan fingerprint density at radius 2 is 2.07 bits per heavy atom. The lowest BCUT2D eigenvalue weighted by atomic mass is 9.76. The smallest absolute Gasteiger partial charge is 0.230 e. The molecule has 4 atom stereocenters. The van der Waals surface area contributed by atoms with E-state index in [0.717, 1.165) is 11.1 Å². The quantitative estimate of drug-likeness (QED) is 0.728. The fourth-order valence-electron chi connectivity index (χ4n) is 4.79. The van der Waals surface area contributed by atoms with Crippen molar-refractivity contribution < 1.29 is 23.1 Å². The molecule has 7 heteroatoms. The Balaban J connectivity index is 1.36. The van der Waals surface area contributed by atoms with E-state index in [-0.39, 0.29) is 23.7 Å². The summed E-state index contributed by atoms with van der Waals surface area (Å²) in [4.78, 5) is 29.8. The van der Waals surface area contributed by atoms with E-state index in [1.807, 2.05) is 18.2 Å². The van der Waals surface area contributed by atoms with E-state index in [2.05, 4.69) is 0 Å². The predicted octanol–water partition coefficient (Wildman–Crippen LogP) is 2.36. The van der Waals surface area contributed by atoms with E-state index >= 15 is 0 Å². The van der Waals surface area contributed by atoms with Crippen LogP contribution in [0.5, 0.6) is 0 Å². The predicted molar refractivity (Wildman–Crippen MR) is 101 cm³/mol. The normalized spacial score (nSPS) is 29.5. The van der Waals surface area contributed by atoms with Crippen molar-refractivity contribution in [1.82, 2.24) is 9.80 Å². The molecule has 1 spiro atoms. The Bertz CT molecular complexity index is 971. The summed E-state index contributed by atoms with van der Waals surface area (Å²) in [5, 5.41) is 0. The van der Waals surface area contributed by atoms with E-state index < -0.39 is 17.4 Å². The number of likely N-dealkylation sites (tertiary alicyclic amines) is 1. The van der Waals surface area contributed by atoms with Gasteiger partial charge in [0.15, 0.2) is 0 Å². The van der Waals surface area contributed by atoms with Crippen LogP contribution in [-0.4, -0.2) is 46.9 Å². The van der Waals surface area contributed by atoms with Gasteiger partial charge in [-0.3, -0.25) is 9.59 Å². The number of carbonyl (C=O) groups excluding carboxylic acids is 2. The van der Waals surface area contributed by atoms with Crippen LogP contribution in [-0.2, 0) is 27.4 Å². The van der Waals surface area contributed by atoms with Gasteiger partial charge in [-0.05, 0) is 23.8 Å². The van der Waals surface area contributed by atoms with E-state index in [9.17, 15) is 14.0 Å². The summed E-state index contributed by atoms with van der Waals surface area (Å²) in [6.07, 6.45) is 6.63. The summed E-state index contributed by atoms with van der Waals surface area (Å²) in [6, 6.07) is 7.92. The van der Waals surface area contributed by atoms with Gasteiger partial charge in [-0.15, -0.1) is 0 Å². The Morgan fingerprint density at radius 1 is 1.28 bits per heavy atom. The molecule has 0 N–H and O–H groups in total. The van der Waals surface area contributed by atoms with Gasteiger partial charge in [0.05, 0.1) is 37.0 Å². The first kappa shape index (κ1) is 18.1. The standard InChI is InChI=1S/C22H21FN2O4/c1-24(10-15-7-9-28-12-15)20(26)18-17-6-8-22(29-17)13-25(21(27)19(18)22)11-14-2-4-16(23)5-3-14/h2-9,12,17-19H,10-11,13H2,1H3/t17-,18+,19+,22-/m0/s1. The van der Waals surface area contributed by atoms with Crippen LogP contribution in [0.25, 0.3) is 0 Å². The van der Waals surface area contributed by atoms with Crippen LogP contribution in [0.15, 0.2) is 59.4 Å². The van der Waals surface area contributed by atoms with Crippen LogP contribution in [0, 0.1) is 17.7 Å². The number of ether oxygens (including phenoxy) is 1. The second kappa shape index (κ2) is 6.56. The Hall–Kier alpha value is -2.93. The summed E-state index contributed by atoms with van der Waals surface area (Å²) in [5.41, 5.74) is 0.985. The lowest BCUT2D eigenvalue weighted by molar-refractivity contribution is -0.142. The molecule has 2 fully saturated rings. The summed E-state index contributed by atoms with van der Waals surface area (Å²) in [5.74, 6) is -1.58. The fourth-order valence-corrected chi connectivity index (χ4v) is 4.79. The number of carbonyl (C=O) groups is 2. The van der Waals surface area contributed by atoms with Crippen molar-refractivity contribution in [3.8, 4) is 0 Å². The average Bonchev–Trinajstić information content (AvgIpc) is 3.46. The minimum absolute atomic E-state index is 0.0868. The highest BCUT2D eigenvalue weighted by atomic mass is 19.1. The number of amides is 2. The largest absolute Gasteiger partial charge is 0.472 e. The van der Waals surface area contributed by atoms with Gasteiger partial charge in [-0.25, -0.2) is 4.39 Å². The van der Waals surface area contributed by atoms with Crippen molar-refractivity contribution in [3.63, 3.8) is 0 Å². The molecule has 2 bridgehead atoms. The second-order valence-corrected chi connectivity index (χ2v) is 8.05. The molecule has 0 aliphatic carbocycles. The molecule has 1 aromatic heterocycles. The number of halogens is 1. The number of hydrogen-bond donors (Lipinski definition) is 0. The average molecular weight is 396 g/mol. The van der Waals surface area contributed by atoms with Crippen LogP contribution in [0.4, 0.5) is 4.39 Å². The lowest BCUT2D eigenvalue weighted by Gasteiger charge is -2.27. The van der Waals surface area contributed by atoms with Crippen LogP contribution >= 0.6 is 0 Å². The highest BCUT2D eigenvalue weighted by Gasteiger charge is 2.67. The van der Waals surface area contributed by atoms with Crippen LogP contribution in [0.1, 0.15) is 11.1 Å². The van der Waals surface area contributed by atoms with Crippen molar-refractivity contribution in [1.29, 1.82) is 0 Å². The summed E-state index contributed by atoms with van der Waals surface area (Å²) in [6.45, 7) is 1.18. The molecular formula is C22H21FN2O4. The highest BCUT2D eigenvalue weighted by Crippen LogP contribution is 2.52. The minimum atomic E-state index is -0.751. The molecule has 6 nitrogen and oxygen atoms in total. The Kier molecular flexibility index (Phi) is 4.10. The van der Waals surface area contributed by atoms with Gasteiger partial charge in [0.2, 0.25) is 11.8 Å². The van der Waals surface area contributed by atoms with Crippen molar-refractivity contribution in [2.45, 2.75) is 24.8 Å². The molecule has 150 valence electrons. The molecule has 3 aliphatic rings. The Labute approximate surface area is 167 Å². The minimum Gasteiger partial charge on any atom is -0.472 e. The molecule has 2 saturated heterocycles. The maximum atomic E-state index is 13.2. The number of rotatable bonds is 5. The number of fused-ring (bicyclic) bond motifs is 1. The number of benzene rings is 1. The van der Waals surface area contributed by atoms with Crippen molar-refractivity contribution in [3.05, 3.63) is 72.0 Å². The molecule has 0 saturated carbocycles. The van der Waals surface area contributed by atoms with Crippen molar-refractivity contribution in [2.24, 2.45) is 11.8 Å². The van der Waals surface area contributed by atoms with Crippen LogP contribution in [0.3, 0.4) is 0 Å². The van der Waals surface area contributed by atoms with Crippen molar-refractivity contribution >= 4 is 11.8 Å². The van der Waals surface area contributed by atoms with Gasteiger partial charge in [0.1, 0.15) is 11.4 Å². The topological polar surface area (TPSA) is 63.0 Å². The number of nitrogens with zero attached hydrogens (tertiary/aromatic N) is 2. The molecule has 2 amide bonds. The van der Waals surface area contributed by atoms with E-state index in [4.69, 9.17) is 9.15 Å². The molecule has 2 aromatic rings. The van der Waals surface area contributed by atoms with Gasteiger partial charge in [0, 0.05) is 25.7 Å². The first-order chi connectivity index (χ1) is 14.0. The van der Waals surface area contributed by atoms with Gasteiger partial charge >= 0.3 is 0 Å². The third-order valence-electron chi connectivity index (χ3n) is 6.13. The first-order valence-electron chi connectivity index (χ1n) is 9.63. The first-order valence-corrected chi connectivity index (χ1v) is 9.63. The van der Waals surface area contributed by atoms with Gasteiger partial charge in [-0.2, -0.15) is 0 Å². The zero-order valence-electron chi connectivity index (χ0n) is 16.0. The molecule has 3 aliphatic heterocycles. The maximum Gasteiger partial charge on any atom is 0.230 e. The molecular weight excluding hydrogens is 375 g/mol. The second-order valence-electron chi connectivity index (χ2n) is 8.05. The third kappa shape index (κ3) is 2.88. The number of hydrogen-bond acceptors (Lipinski definition) is 4. The molecule has 0 radical (unpaired) electrons. The fraction of sp³-hybridized carbons (Fsp3) is 0.364. The maximum absolute atomic E-state index is 13.2. The molecule has 29 heavy (non-hydrogen) atoms. The zero-order chi connectivity index (χ0) is 20.2. The van der Waals surface area contributed by atoms with Crippen LogP contribution in [0.2, 0.25) is 0 Å². The highest BCUT2D eigenvalue weighted by molar-refractivity contribution is 5.93. The van der Waals surface area contributed by atoms with Gasteiger partial charge in [-0.1, -0.05) is 24.3 Å². The van der Waals surface area contributed by atoms with Crippen LogP contribution < -0.4 is 0 Å². The van der Waals surface area contributed by atoms with E-state index in [1.165, 1.54) is 12.1 Å². The van der Waals surface area contributed by atoms with E-state index in [1.54, 1.807) is 41.5 Å². The van der Waals surface area contributed by atoms with Gasteiger partial charge < -0.3 is 19.0 Å². The summed E-state index contributed by atoms with van der Waals surface area (Å²) >= 11 is 0.